The molecule has 0 radical (unpaired) electrons. The summed E-state index contributed by atoms with van der Waals surface area (Å²) in [7, 11) is -4.06. The van der Waals surface area contributed by atoms with E-state index in [1.165, 1.54) is 22.9 Å². The highest BCUT2D eigenvalue weighted by atomic mass is 32.2. The molecule has 0 atom stereocenters. The van der Waals surface area contributed by atoms with Crippen molar-refractivity contribution in [3.8, 4) is 0 Å². The van der Waals surface area contributed by atoms with E-state index in [1.807, 2.05) is 13.8 Å². The second-order valence-electron chi connectivity index (χ2n) is 7.13. The molecule has 0 saturated carbocycles. The highest BCUT2D eigenvalue weighted by Gasteiger charge is 2.24. The smallest absolute Gasteiger partial charge is 0.239 e. The van der Waals surface area contributed by atoms with Crippen LogP contribution in [0, 0.1) is 6.92 Å². The van der Waals surface area contributed by atoms with Gasteiger partial charge < -0.3 is 9.88 Å². The summed E-state index contributed by atoms with van der Waals surface area (Å²) in [6, 6.07) is 9.68. The number of pyridine rings is 2. The van der Waals surface area contributed by atoms with E-state index in [-0.39, 0.29) is 33.3 Å². The molecule has 2 aromatic heterocycles. The van der Waals surface area contributed by atoms with Crippen molar-refractivity contribution in [2.75, 3.05) is 6.54 Å². The van der Waals surface area contributed by atoms with Gasteiger partial charge in [-0.1, -0.05) is 26.0 Å². The quantitative estimate of drug-likeness (QED) is 0.625. The van der Waals surface area contributed by atoms with Crippen LogP contribution in [-0.4, -0.2) is 30.4 Å². The van der Waals surface area contributed by atoms with Crippen LogP contribution in [0.4, 0.5) is 0 Å². The molecule has 1 aromatic carbocycles. The molecule has 3 rings (SSSR count). The Morgan fingerprint density at radius 1 is 1.10 bits per heavy atom. The molecule has 0 aliphatic heterocycles. The lowest BCUT2D eigenvalue weighted by atomic mass is 10.2. The van der Waals surface area contributed by atoms with Crippen molar-refractivity contribution in [3.05, 3.63) is 64.1 Å². The Labute approximate surface area is 175 Å². The fourth-order valence-corrected chi connectivity index (χ4v) is 4.52. The summed E-state index contributed by atoms with van der Waals surface area (Å²) < 4.78 is 27.9. The number of fused-ring (bicyclic) bond motifs is 1. The van der Waals surface area contributed by atoms with Gasteiger partial charge in [0.05, 0.1) is 10.3 Å². The standard InChI is InChI=1S/C22H25N3O4S/c1-4-12-23-20(26)14-25-13-19(21(27)18-11-6-15(3)24-22(18)25)30(28,29)17-9-7-16(5-2)8-10-17/h6-11,13H,4-5,12,14H2,1-3H3,(H,23,26). The maximum Gasteiger partial charge on any atom is 0.239 e. The van der Waals surface area contributed by atoms with Crippen LogP contribution in [0.1, 0.15) is 31.5 Å². The van der Waals surface area contributed by atoms with Gasteiger partial charge in [0, 0.05) is 18.4 Å². The van der Waals surface area contributed by atoms with Crippen molar-refractivity contribution in [3.63, 3.8) is 0 Å². The van der Waals surface area contributed by atoms with Crippen LogP contribution >= 0.6 is 0 Å². The third-order valence-corrected chi connectivity index (χ3v) is 6.61. The Hall–Kier alpha value is -3.00. The second-order valence-corrected chi connectivity index (χ2v) is 9.04. The number of hydrogen-bond acceptors (Lipinski definition) is 5. The Bertz CT molecular complexity index is 1250. The average Bonchev–Trinajstić information content (AvgIpc) is 2.74. The maximum absolute atomic E-state index is 13.2. The van der Waals surface area contributed by atoms with Crippen molar-refractivity contribution in [2.24, 2.45) is 0 Å². The van der Waals surface area contributed by atoms with Crippen molar-refractivity contribution < 1.29 is 13.2 Å². The average molecular weight is 428 g/mol. The Kier molecular flexibility index (Phi) is 6.36. The van der Waals surface area contributed by atoms with Gasteiger partial charge in [0.15, 0.2) is 0 Å². The molecular weight excluding hydrogens is 402 g/mol. The lowest BCUT2D eigenvalue weighted by Crippen LogP contribution is -2.30. The van der Waals surface area contributed by atoms with Crippen LogP contribution in [0.25, 0.3) is 11.0 Å². The summed E-state index contributed by atoms with van der Waals surface area (Å²) in [5, 5.41) is 2.92. The van der Waals surface area contributed by atoms with E-state index in [4.69, 9.17) is 0 Å². The second kappa shape index (κ2) is 8.79. The van der Waals surface area contributed by atoms with Crippen molar-refractivity contribution in [2.45, 2.75) is 49.9 Å². The van der Waals surface area contributed by atoms with E-state index in [1.54, 1.807) is 31.2 Å². The molecule has 158 valence electrons. The molecular formula is C22H25N3O4S. The zero-order chi connectivity index (χ0) is 21.9. The summed E-state index contributed by atoms with van der Waals surface area (Å²) in [5.74, 6) is -0.277. The van der Waals surface area contributed by atoms with E-state index >= 15 is 0 Å². The van der Waals surface area contributed by atoms with Crippen molar-refractivity contribution >= 4 is 26.8 Å². The van der Waals surface area contributed by atoms with E-state index in [2.05, 4.69) is 10.3 Å². The molecule has 7 nitrogen and oxygen atoms in total. The first-order chi connectivity index (χ1) is 14.3. The Morgan fingerprint density at radius 3 is 2.43 bits per heavy atom. The maximum atomic E-state index is 13.2. The number of carbonyl (C=O) groups excluding carboxylic acids is 1. The summed E-state index contributed by atoms with van der Waals surface area (Å²) in [6.45, 7) is 6.06. The van der Waals surface area contributed by atoms with Gasteiger partial charge >= 0.3 is 0 Å². The van der Waals surface area contributed by atoms with Crippen molar-refractivity contribution in [1.29, 1.82) is 0 Å². The zero-order valence-corrected chi connectivity index (χ0v) is 18.1. The number of sulfone groups is 1. The number of hydrogen-bond donors (Lipinski definition) is 1. The molecule has 0 aliphatic carbocycles. The summed E-state index contributed by atoms with van der Waals surface area (Å²) in [4.78, 5) is 29.4. The fourth-order valence-electron chi connectivity index (χ4n) is 3.15. The Morgan fingerprint density at radius 2 is 1.80 bits per heavy atom. The molecule has 0 aliphatic rings. The number of aromatic nitrogens is 2. The van der Waals surface area contributed by atoms with E-state index in [0.29, 0.717) is 12.2 Å². The van der Waals surface area contributed by atoms with Gasteiger partial charge in [-0.2, -0.15) is 0 Å². The topological polar surface area (TPSA) is 98.1 Å². The van der Waals surface area contributed by atoms with Gasteiger partial charge in [0.2, 0.25) is 21.2 Å². The number of nitrogens with one attached hydrogen (secondary N) is 1. The van der Waals surface area contributed by atoms with Gasteiger partial charge in [0.1, 0.15) is 17.1 Å². The molecule has 0 bridgehead atoms. The summed E-state index contributed by atoms with van der Waals surface area (Å²) >= 11 is 0. The summed E-state index contributed by atoms with van der Waals surface area (Å²) in [6.07, 6.45) is 2.79. The van der Waals surface area contributed by atoms with E-state index in [0.717, 1.165) is 18.4 Å². The van der Waals surface area contributed by atoms with Gasteiger partial charge in [-0.3, -0.25) is 9.59 Å². The number of nitrogens with zero attached hydrogens (tertiary/aromatic N) is 2. The Balaban J connectivity index is 2.19. The van der Waals surface area contributed by atoms with Gasteiger partial charge in [-0.15, -0.1) is 0 Å². The number of aryl methyl sites for hydroxylation is 2. The number of amides is 1. The molecule has 1 N–H and O–H groups in total. The lowest BCUT2D eigenvalue weighted by molar-refractivity contribution is -0.121. The summed E-state index contributed by atoms with van der Waals surface area (Å²) in [5.41, 5.74) is 1.32. The predicted molar refractivity (Wildman–Crippen MR) is 115 cm³/mol. The minimum absolute atomic E-state index is 0.0400. The SMILES string of the molecule is CCCNC(=O)Cn1cc(S(=O)(=O)c2ccc(CC)cc2)c(=O)c2ccc(C)nc21. The first-order valence-electron chi connectivity index (χ1n) is 9.89. The lowest BCUT2D eigenvalue weighted by Gasteiger charge is -2.14. The normalized spacial score (nSPS) is 11.6. The van der Waals surface area contributed by atoms with Crippen LogP contribution in [-0.2, 0) is 27.6 Å². The molecule has 2 heterocycles. The first kappa shape index (κ1) is 21.7. The van der Waals surface area contributed by atoms with Crippen LogP contribution in [0.15, 0.2) is 57.2 Å². The van der Waals surface area contributed by atoms with Gasteiger partial charge in [-0.05, 0) is 49.6 Å². The van der Waals surface area contributed by atoms with Crippen LogP contribution < -0.4 is 10.7 Å². The number of carbonyl (C=O) groups is 1. The van der Waals surface area contributed by atoms with E-state index < -0.39 is 15.3 Å². The number of benzene rings is 1. The van der Waals surface area contributed by atoms with E-state index in [9.17, 15) is 18.0 Å². The highest BCUT2D eigenvalue weighted by molar-refractivity contribution is 7.91. The van der Waals surface area contributed by atoms with Gasteiger partial charge in [0.25, 0.3) is 0 Å². The zero-order valence-electron chi connectivity index (χ0n) is 17.3. The minimum atomic E-state index is -4.06. The molecule has 1 amide bonds. The third kappa shape index (κ3) is 4.28. The molecule has 0 fully saturated rings. The molecule has 3 aromatic rings. The van der Waals surface area contributed by atoms with Crippen LogP contribution in [0.2, 0.25) is 0 Å². The van der Waals surface area contributed by atoms with Gasteiger partial charge in [-0.25, -0.2) is 13.4 Å². The first-order valence-corrected chi connectivity index (χ1v) is 11.4. The molecule has 0 spiro atoms. The molecule has 8 heteroatoms. The molecule has 0 saturated heterocycles. The van der Waals surface area contributed by atoms with Crippen molar-refractivity contribution in [1.82, 2.24) is 14.9 Å². The predicted octanol–water partition coefficient (Wildman–Crippen LogP) is 2.63. The molecule has 30 heavy (non-hydrogen) atoms. The monoisotopic (exact) mass is 427 g/mol. The highest BCUT2D eigenvalue weighted by Crippen LogP contribution is 2.21. The fraction of sp³-hybridized carbons (Fsp3) is 0.318. The minimum Gasteiger partial charge on any atom is -0.355 e. The third-order valence-electron chi connectivity index (χ3n) is 4.85. The molecule has 0 unspecified atom stereocenters. The largest absolute Gasteiger partial charge is 0.355 e. The van der Waals surface area contributed by atoms with Crippen LogP contribution in [0.3, 0.4) is 0 Å². The van der Waals surface area contributed by atoms with Crippen LogP contribution in [0.5, 0.6) is 0 Å². The number of rotatable bonds is 7.